The van der Waals surface area contributed by atoms with Crippen LogP contribution >= 0.6 is 0 Å². The van der Waals surface area contributed by atoms with Crippen LogP contribution in [0.15, 0.2) is 24.3 Å². The number of nitrogens with one attached hydrogen (secondary N) is 2. The Balaban J connectivity index is 2.38. The van der Waals surface area contributed by atoms with Crippen LogP contribution in [-0.4, -0.2) is 38.8 Å². The summed E-state index contributed by atoms with van der Waals surface area (Å²) in [5, 5.41) is 5.80. The second kappa shape index (κ2) is 8.37. The predicted octanol–water partition coefficient (Wildman–Crippen LogP) is 1.65. The molecule has 0 spiro atoms. The predicted molar refractivity (Wildman–Crippen MR) is 75.6 cm³/mol. The van der Waals surface area contributed by atoms with Crippen LogP contribution < -0.4 is 15.4 Å². The number of benzene rings is 1. The van der Waals surface area contributed by atoms with Crippen LogP contribution in [0, 0.1) is 0 Å². The van der Waals surface area contributed by atoms with Crippen LogP contribution in [0.4, 0.5) is 5.69 Å². The minimum atomic E-state index is -0.0627. The molecule has 0 aliphatic rings. The maximum absolute atomic E-state index is 11.5. The maximum Gasteiger partial charge on any atom is 0.239 e. The standard InChI is InChI=1S/C14H22N2O3/c1-11(2)19-13-6-4-5-12(9-13)16-10-14(17)15-7-8-18-3/h4-6,9,11,16H,7-8,10H2,1-3H3,(H,15,17). The third-order valence-corrected chi connectivity index (χ3v) is 2.29. The number of hydrogen-bond acceptors (Lipinski definition) is 4. The fraction of sp³-hybridized carbons (Fsp3) is 0.500. The van der Waals surface area contributed by atoms with E-state index in [-0.39, 0.29) is 18.6 Å². The molecule has 0 heterocycles. The molecule has 5 nitrogen and oxygen atoms in total. The molecule has 1 amide bonds. The molecule has 0 saturated heterocycles. The van der Waals surface area contributed by atoms with Gasteiger partial charge in [-0.2, -0.15) is 0 Å². The minimum absolute atomic E-state index is 0.0627. The van der Waals surface area contributed by atoms with Gasteiger partial charge in [-0.3, -0.25) is 4.79 Å². The van der Waals surface area contributed by atoms with Gasteiger partial charge in [0.1, 0.15) is 5.75 Å². The van der Waals surface area contributed by atoms with E-state index in [1.54, 1.807) is 7.11 Å². The molecule has 19 heavy (non-hydrogen) atoms. The van der Waals surface area contributed by atoms with E-state index >= 15 is 0 Å². The first-order valence-corrected chi connectivity index (χ1v) is 6.38. The van der Waals surface area contributed by atoms with Crippen molar-refractivity contribution in [2.75, 3.05) is 32.1 Å². The number of rotatable bonds is 8. The zero-order valence-electron chi connectivity index (χ0n) is 11.7. The minimum Gasteiger partial charge on any atom is -0.491 e. The lowest BCUT2D eigenvalue weighted by molar-refractivity contribution is -0.119. The Morgan fingerprint density at radius 1 is 1.37 bits per heavy atom. The van der Waals surface area contributed by atoms with Crippen LogP contribution in [-0.2, 0) is 9.53 Å². The van der Waals surface area contributed by atoms with Gasteiger partial charge in [0.2, 0.25) is 5.91 Å². The topological polar surface area (TPSA) is 59.6 Å². The number of methoxy groups -OCH3 is 1. The van der Waals surface area contributed by atoms with Crippen molar-refractivity contribution in [1.82, 2.24) is 5.32 Å². The van der Waals surface area contributed by atoms with Gasteiger partial charge < -0.3 is 20.1 Å². The highest BCUT2D eigenvalue weighted by Gasteiger charge is 2.02. The second-order valence-corrected chi connectivity index (χ2v) is 4.39. The molecule has 1 aromatic rings. The van der Waals surface area contributed by atoms with Crippen molar-refractivity contribution in [3.63, 3.8) is 0 Å². The van der Waals surface area contributed by atoms with E-state index in [0.29, 0.717) is 13.2 Å². The van der Waals surface area contributed by atoms with E-state index in [2.05, 4.69) is 10.6 Å². The van der Waals surface area contributed by atoms with Crippen molar-refractivity contribution in [1.29, 1.82) is 0 Å². The zero-order valence-corrected chi connectivity index (χ0v) is 11.7. The smallest absolute Gasteiger partial charge is 0.239 e. The van der Waals surface area contributed by atoms with E-state index in [1.165, 1.54) is 0 Å². The first kappa shape index (κ1) is 15.3. The summed E-state index contributed by atoms with van der Waals surface area (Å²) < 4.78 is 10.4. The lowest BCUT2D eigenvalue weighted by atomic mass is 10.3. The van der Waals surface area contributed by atoms with Gasteiger partial charge in [-0.1, -0.05) is 6.07 Å². The lowest BCUT2D eigenvalue weighted by Crippen LogP contribution is -2.32. The average Bonchev–Trinajstić information content (AvgIpc) is 2.36. The van der Waals surface area contributed by atoms with Gasteiger partial charge in [-0.25, -0.2) is 0 Å². The molecular weight excluding hydrogens is 244 g/mol. The van der Waals surface area contributed by atoms with E-state index in [4.69, 9.17) is 9.47 Å². The van der Waals surface area contributed by atoms with Crippen molar-refractivity contribution in [2.45, 2.75) is 20.0 Å². The monoisotopic (exact) mass is 266 g/mol. The average molecular weight is 266 g/mol. The molecular formula is C14H22N2O3. The van der Waals surface area contributed by atoms with Crippen molar-refractivity contribution in [3.8, 4) is 5.75 Å². The lowest BCUT2D eigenvalue weighted by Gasteiger charge is -2.12. The van der Waals surface area contributed by atoms with Crippen LogP contribution in [0.25, 0.3) is 0 Å². The number of ether oxygens (including phenoxy) is 2. The number of hydrogen-bond donors (Lipinski definition) is 2. The van der Waals surface area contributed by atoms with Gasteiger partial charge in [0.15, 0.2) is 0 Å². The van der Waals surface area contributed by atoms with Gasteiger partial charge in [-0.05, 0) is 26.0 Å². The number of carbonyl (C=O) groups is 1. The van der Waals surface area contributed by atoms with Crippen LogP contribution in [0.5, 0.6) is 5.75 Å². The largest absolute Gasteiger partial charge is 0.491 e. The Morgan fingerprint density at radius 2 is 2.16 bits per heavy atom. The molecule has 1 aromatic carbocycles. The molecule has 5 heteroatoms. The molecule has 2 N–H and O–H groups in total. The van der Waals surface area contributed by atoms with Gasteiger partial charge in [0, 0.05) is 25.4 Å². The highest BCUT2D eigenvalue weighted by Crippen LogP contribution is 2.18. The Labute approximate surface area is 114 Å². The van der Waals surface area contributed by atoms with Crippen LogP contribution in [0.2, 0.25) is 0 Å². The molecule has 0 aliphatic heterocycles. The van der Waals surface area contributed by atoms with E-state index in [0.717, 1.165) is 11.4 Å². The fourth-order valence-electron chi connectivity index (χ4n) is 1.49. The normalized spacial score (nSPS) is 10.3. The third kappa shape index (κ3) is 6.67. The number of anilines is 1. The van der Waals surface area contributed by atoms with Gasteiger partial charge in [0.05, 0.1) is 19.3 Å². The maximum atomic E-state index is 11.5. The fourth-order valence-corrected chi connectivity index (χ4v) is 1.49. The highest BCUT2D eigenvalue weighted by atomic mass is 16.5. The molecule has 0 saturated carbocycles. The summed E-state index contributed by atoms with van der Waals surface area (Å²) >= 11 is 0. The molecule has 0 unspecified atom stereocenters. The summed E-state index contributed by atoms with van der Waals surface area (Å²) in [6.07, 6.45) is 0.132. The molecule has 1 rings (SSSR count). The summed E-state index contributed by atoms with van der Waals surface area (Å²) in [7, 11) is 1.60. The summed E-state index contributed by atoms with van der Waals surface area (Å²) in [6, 6.07) is 7.56. The summed E-state index contributed by atoms with van der Waals surface area (Å²) in [5.74, 6) is 0.729. The highest BCUT2D eigenvalue weighted by molar-refractivity contribution is 5.80. The van der Waals surface area contributed by atoms with Crippen molar-refractivity contribution < 1.29 is 14.3 Å². The van der Waals surface area contributed by atoms with Crippen molar-refractivity contribution >= 4 is 11.6 Å². The van der Waals surface area contributed by atoms with E-state index < -0.39 is 0 Å². The zero-order chi connectivity index (χ0) is 14.1. The SMILES string of the molecule is COCCNC(=O)CNc1cccc(OC(C)C)c1. The second-order valence-electron chi connectivity index (χ2n) is 4.39. The van der Waals surface area contributed by atoms with Crippen molar-refractivity contribution in [3.05, 3.63) is 24.3 Å². The van der Waals surface area contributed by atoms with E-state index in [9.17, 15) is 4.79 Å². The Kier molecular flexibility index (Phi) is 6.74. The first-order chi connectivity index (χ1) is 9.11. The molecule has 0 aliphatic carbocycles. The van der Waals surface area contributed by atoms with Crippen molar-refractivity contribution in [2.24, 2.45) is 0 Å². The molecule has 0 atom stereocenters. The number of carbonyl (C=O) groups excluding carboxylic acids is 1. The molecule has 0 bridgehead atoms. The number of amides is 1. The van der Waals surface area contributed by atoms with Gasteiger partial charge in [-0.15, -0.1) is 0 Å². The Hall–Kier alpha value is -1.75. The van der Waals surface area contributed by atoms with Crippen LogP contribution in [0.3, 0.4) is 0 Å². The molecule has 0 aromatic heterocycles. The molecule has 106 valence electrons. The Morgan fingerprint density at radius 3 is 2.84 bits per heavy atom. The molecule has 0 fully saturated rings. The van der Waals surface area contributed by atoms with Gasteiger partial charge in [0.25, 0.3) is 0 Å². The molecule has 0 radical (unpaired) electrons. The third-order valence-electron chi connectivity index (χ3n) is 2.29. The Bertz CT molecular complexity index is 394. The quantitative estimate of drug-likeness (QED) is 0.702. The summed E-state index contributed by atoms with van der Waals surface area (Å²) in [4.78, 5) is 11.5. The summed E-state index contributed by atoms with van der Waals surface area (Å²) in [6.45, 7) is 5.22. The van der Waals surface area contributed by atoms with E-state index in [1.807, 2.05) is 38.1 Å². The first-order valence-electron chi connectivity index (χ1n) is 6.38. The van der Waals surface area contributed by atoms with Gasteiger partial charge >= 0.3 is 0 Å². The summed E-state index contributed by atoms with van der Waals surface area (Å²) in [5.41, 5.74) is 0.861. The van der Waals surface area contributed by atoms with Crippen LogP contribution in [0.1, 0.15) is 13.8 Å².